The Morgan fingerprint density at radius 2 is 1.92 bits per heavy atom. The first-order valence-electron chi connectivity index (χ1n) is 7.85. The molecule has 1 heterocycles. The quantitative estimate of drug-likeness (QED) is 0.619. The van der Waals surface area contributed by atoms with Gasteiger partial charge < -0.3 is 4.57 Å². The van der Waals surface area contributed by atoms with Crippen LogP contribution >= 0.6 is 27.3 Å². The van der Waals surface area contributed by atoms with E-state index in [9.17, 15) is 4.79 Å². The lowest BCUT2D eigenvalue weighted by molar-refractivity contribution is -0.117. The van der Waals surface area contributed by atoms with E-state index in [1.807, 2.05) is 41.9 Å². The fourth-order valence-electron chi connectivity index (χ4n) is 2.56. The molecule has 0 radical (unpaired) electrons. The lowest BCUT2D eigenvalue weighted by Gasteiger charge is -2.05. The van der Waals surface area contributed by atoms with Gasteiger partial charge in [0.15, 0.2) is 4.80 Å². The number of amides is 1. The first kappa shape index (κ1) is 17.1. The summed E-state index contributed by atoms with van der Waals surface area (Å²) in [4.78, 5) is 17.3. The number of halogens is 1. The van der Waals surface area contributed by atoms with Gasteiger partial charge in [-0.05, 0) is 35.2 Å². The van der Waals surface area contributed by atoms with Crippen molar-refractivity contribution < 1.29 is 4.79 Å². The third kappa shape index (κ3) is 3.68. The van der Waals surface area contributed by atoms with Crippen LogP contribution < -0.4 is 4.80 Å². The van der Waals surface area contributed by atoms with Crippen LogP contribution in [0.25, 0.3) is 10.2 Å². The second-order valence-corrected chi connectivity index (χ2v) is 8.06. The zero-order valence-corrected chi connectivity index (χ0v) is 16.3. The fourth-order valence-corrected chi connectivity index (χ4v) is 4.14. The Balaban J connectivity index is 1.85. The summed E-state index contributed by atoms with van der Waals surface area (Å²) in [5.74, 6) is 0.380. The highest BCUT2D eigenvalue weighted by atomic mass is 79.9. The second-order valence-electron chi connectivity index (χ2n) is 6.13. The SMILES string of the molecule is CC(C)c1ccc(CC(=O)N=c2sc3cc(Br)ccc3n2C)cc1. The summed E-state index contributed by atoms with van der Waals surface area (Å²) in [6, 6.07) is 14.3. The molecule has 0 aliphatic carbocycles. The van der Waals surface area contributed by atoms with Crippen LogP contribution in [-0.2, 0) is 18.3 Å². The van der Waals surface area contributed by atoms with E-state index >= 15 is 0 Å². The van der Waals surface area contributed by atoms with Crippen molar-refractivity contribution in [3.8, 4) is 0 Å². The van der Waals surface area contributed by atoms with Crippen molar-refractivity contribution in [2.24, 2.45) is 12.0 Å². The molecule has 24 heavy (non-hydrogen) atoms. The summed E-state index contributed by atoms with van der Waals surface area (Å²) in [5.41, 5.74) is 3.36. The number of benzene rings is 2. The lowest BCUT2D eigenvalue weighted by atomic mass is 10.0. The molecule has 0 aliphatic rings. The van der Waals surface area contributed by atoms with Gasteiger partial charge >= 0.3 is 0 Å². The highest BCUT2D eigenvalue weighted by Crippen LogP contribution is 2.21. The molecule has 5 heteroatoms. The van der Waals surface area contributed by atoms with Crippen molar-refractivity contribution in [1.29, 1.82) is 0 Å². The van der Waals surface area contributed by atoms with Gasteiger partial charge in [-0.1, -0.05) is 65.4 Å². The maximum atomic E-state index is 12.3. The average Bonchev–Trinajstić information content (AvgIpc) is 2.83. The van der Waals surface area contributed by atoms with Crippen LogP contribution in [0.5, 0.6) is 0 Å². The molecule has 0 bridgehead atoms. The molecule has 2 aromatic carbocycles. The Kier molecular flexibility index (Phi) is 5.01. The second kappa shape index (κ2) is 7.03. The molecule has 3 rings (SSSR count). The molecular weight excluding hydrogens is 384 g/mol. The van der Waals surface area contributed by atoms with Crippen molar-refractivity contribution in [2.75, 3.05) is 0 Å². The van der Waals surface area contributed by atoms with Crippen molar-refractivity contribution in [1.82, 2.24) is 4.57 Å². The van der Waals surface area contributed by atoms with Gasteiger partial charge in [-0.15, -0.1) is 0 Å². The maximum absolute atomic E-state index is 12.3. The molecule has 0 unspecified atom stereocenters. The van der Waals surface area contributed by atoms with Gasteiger partial charge in [-0.3, -0.25) is 4.79 Å². The van der Waals surface area contributed by atoms with Crippen LogP contribution in [0.4, 0.5) is 0 Å². The highest BCUT2D eigenvalue weighted by molar-refractivity contribution is 9.10. The van der Waals surface area contributed by atoms with Gasteiger partial charge in [0.1, 0.15) is 0 Å². The zero-order valence-electron chi connectivity index (χ0n) is 13.9. The molecule has 3 nitrogen and oxygen atoms in total. The smallest absolute Gasteiger partial charge is 0.252 e. The third-order valence-electron chi connectivity index (χ3n) is 3.99. The Morgan fingerprint density at radius 3 is 2.58 bits per heavy atom. The predicted octanol–water partition coefficient (Wildman–Crippen LogP) is 4.80. The topological polar surface area (TPSA) is 34.4 Å². The van der Waals surface area contributed by atoms with Crippen molar-refractivity contribution in [2.45, 2.75) is 26.2 Å². The van der Waals surface area contributed by atoms with Gasteiger partial charge in [-0.25, -0.2) is 0 Å². The number of carbonyl (C=O) groups excluding carboxylic acids is 1. The number of aromatic nitrogens is 1. The fraction of sp³-hybridized carbons (Fsp3) is 0.263. The monoisotopic (exact) mass is 402 g/mol. The average molecular weight is 403 g/mol. The molecule has 0 atom stereocenters. The third-order valence-corrected chi connectivity index (χ3v) is 5.58. The minimum atomic E-state index is -0.117. The van der Waals surface area contributed by atoms with E-state index < -0.39 is 0 Å². The zero-order chi connectivity index (χ0) is 17.3. The minimum absolute atomic E-state index is 0.117. The van der Waals surface area contributed by atoms with Crippen LogP contribution in [0, 0.1) is 0 Å². The number of fused-ring (bicyclic) bond motifs is 1. The summed E-state index contributed by atoms with van der Waals surface area (Å²) in [6.07, 6.45) is 0.330. The molecule has 0 saturated heterocycles. The molecule has 0 saturated carbocycles. The van der Waals surface area contributed by atoms with Gasteiger partial charge in [0, 0.05) is 11.5 Å². The van der Waals surface area contributed by atoms with Crippen LogP contribution in [0.2, 0.25) is 0 Å². The lowest BCUT2D eigenvalue weighted by Crippen LogP contribution is -2.14. The summed E-state index contributed by atoms with van der Waals surface area (Å²) in [7, 11) is 1.94. The summed E-state index contributed by atoms with van der Waals surface area (Å²) >= 11 is 5.01. The van der Waals surface area contributed by atoms with Crippen molar-refractivity contribution in [3.05, 3.63) is 62.9 Å². The van der Waals surface area contributed by atoms with Crippen LogP contribution in [-0.4, -0.2) is 10.5 Å². The molecule has 1 aromatic heterocycles. The van der Waals surface area contributed by atoms with E-state index in [4.69, 9.17) is 0 Å². The largest absolute Gasteiger partial charge is 0.319 e. The molecule has 0 fully saturated rings. The number of carbonyl (C=O) groups is 1. The van der Waals surface area contributed by atoms with Crippen molar-refractivity contribution in [3.63, 3.8) is 0 Å². The normalized spacial score (nSPS) is 12.3. The van der Waals surface area contributed by atoms with E-state index in [1.54, 1.807) is 0 Å². The molecule has 0 N–H and O–H groups in total. The standard InChI is InChI=1S/C19H19BrN2OS/c1-12(2)14-6-4-13(5-7-14)10-18(23)21-19-22(3)16-9-8-15(20)11-17(16)24-19/h4-9,11-12H,10H2,1-3H3. The van der Waals surface area contributed by atoms with Crippen molar-refractivity contribution >= 4 is 43.4 Å². The number of hydrogen-bond acceptors (Lipinski definition) is 2. The van der Waals surface area contributed by atoms with Gasteiger partial charge in [0.25, 0.3) is 5.91 Å². The van der Waals surface area contributed by atoms with E-state index in [-0.39, 0.29) is 5.91 Å². The first-order valence-corrected chi connectivity index (χ1v) is 9.46. The summed E-state index contributed by atoms with van der Waals surface area (Å²) in [6.45, 7) is 4.32. The van der Waals surface area contributed by atoms with E-state index in [0.29, 0.717) is 12.3 Å². The molecular formula is C19H19BrN2OS. The highest BCUT2D eigenvalue weighted by Gasteiger charge is 2.07. The Bertz CT molecular complexity index is 952. The number of nitrogens with zero attached hydrogens (tertiary/aromatic N) is 2. The number of rotatable bonds is 3. The first-order chi connectivity index (χ1) is 11.4. The van der Waals surface area contributed by atoms with Crippen LogP contribution in [0.1, 0.15) is 30.9 Å². The molecule has 3 aromatic rings. The molecule has 1 amide bonds. The van der Waals surface area contributed by atoms with E-state index in [2.05, 4.69) is 46.9 Å². The Morgan fingerprint density at radius 1 is 1.21 bits per heavy atom. The molecule has 124 valence electrons. The Hall–Kier alpha value is -1.72. The molecule has 0 spiro atoms. The van der Waals surface area contributed by atoms with Gasteiger partial charge in [0.2, 0.25) is 0 Å². The summed E-state index contributed by atoms with van der Waals surface area (Å²) < 4.78 is 4.10. The Labute approximate surface area is 153 Å². The minimum Gasteiger partial charge on any atom is -0.319 e. The summed E-state index contributed by atoms with van der Waals surface area (Å²) in [5, 5.41) is 0. The number of aryl methyl sites for hydroxylation is 1. The number of thiazole rings is 1. The number of hydrogen-bond donors (Lipinski definition) is 0. The predicted molar refractivity (Wildman–Crippen MR) is 103 cm³/mol. The maximum Gasteiger partial charge on any atom is 0.252 e. The van der Waals surface area contributed by atoms with E-state index in [1.165, 1.54) is 16.9 Å². The van der Waals surface area contributed by atoms with Crippen LogP contribution in [0.15, 0.2) is 51.9 Å². The van der Waals surface area contributed by atoms with E-state index in [0.717, 1.165) is 25.1 Å². The van der Waals surface area contributed by atoms with Crippen LogP contribution in [0.3, 0.4) is 0 Å². The van der Waals surface area contributed by atoms with Gasteiger partial charge in [-0.2, -0.15) is 4.99 Å². The van der Waals surface area contributed by atoms with Gasteiger partial charge in [0.05, 0.1) is 16.6 Å². The molecule has 0 aliphatic heterocycles.